The Morgan fingerprint density at radius 2 is 0.315 bits per heavy atom. The van der Waals surface area contributed by atoms with E-state index in [0.717, 1.165) is 0 Å². The summed E-state index contributed by atoms with van der Waals surface area (Å²) in [5, 5.41) is 2.67. The molecule has 0 unspecified atom stereocenters. The fourth-order valence-corrected chi connectivity index (χ4v) is 5.96. The summed E-state index contributed by atoms with van der Waals surface area (Å²) in [6, 6.07) is 64.9. The van der Waals surface area contributed by atoms with Gasteiger partial charge in [0.05, 0.1) is 0 Å². The molecule has 0 bridgehead atoms. The van der Waals surface area contributed by atoms with Gasteiger partial charge in [-0.05, 0) is 99.5 Å². The minimum Gasteiger partial charge on any atom is -0.0591 e. The Balaban J connectivity index is 0.000000146. The number of hydrogen-bond acceptors (Lipinski definition) is 0. The number of fused-ring (bicyclic) bond motifs is 1. The van der Waals surface area contributed by atoms with Crippen LogP contribution in [-0.2, 0) is 0 Å². The second kappa shape index (κ2) is 19.2. The molecule has 0 fully saturated rings. The van der Waals surface area contributed by atoms with Crippen molar-refractivity contribution >= 4 is 10.8 Å². The van der Waals surface area contributed by atoms with E-state index < -0.39 is 0 Å². The van der Waals surface area contributed by atoms with Crippen molar-refractivity contribution in [1.29, 1.82) is 0 Å². The van der Waals surface area contributed by atoms with E-state index in [1.807, 2.05) is 0 Å². The molecule has 0 radical (unpaired) electrons. The minimum absolute atomic E-state index is 1.26. The standard InChI is InChI=1S/C20H18.C14H14.C12H12.C8H10/c1-15-3-7-17(8-4-15)19-11-13-20(14-12-19)18-9-5-16(2)6-10-18;1-11-3-7-13(8-4-11)14-9-5-12(2)6-10-14;1-9-3-5-12-8-10(2)4-6-11(12)7-9;1-7-3-5-8(2)6-4-7/h3-14H,1-2H3;3-10H,1-2H3;3-8H,1-2H3;3-6H,1-2H3. The van der Waals surface area contributed by atoms with Crippen LogP contribution in [0.3, 0.4) is 0 Å². The van der Waals surface area contributed by atoms with Crippen LogP contribution in [0.25, 0.3) is 44.2 Å². The fraction of sp³-hybridized carbons (Fsp3) is 0.148. The molecule has 0 saturated heterocycles. The lowest BCUT2D eigenvalue weighted by Crippen LogP contribution is -1.81. The highest BCUT2D eigenvalue weighted by Crippen LogP contribution is 2.25. The third kappa shape index (κ3) is 12.0. The molecule has 0 atom stereocenters. The Morgan fingerprint density at radius 1 is 0.167 bits per heavy atom. The van der Waals surface area contributed by atoms with Gasteiger partial charge in [0, 0.05) is 0 Å². The SMILES string of the molecule is Cc1ccc(-c2ccc(-c3ccc(C)cc3)cc2)cc1.Cc1ccc(-c2ccc(C)cc2)cc1.Cc1ccc(C)cc1.Cc1ccc2cc(C)ccc2c1. The highest BCUT2D eigenvalue weighted by atomic mass is 14.1. The molecule has 0 aliphatic carbocycles. The molecule has 8 rings (SSSR count). The van der Waals surface area contributed by atoms with E-state index in [4.69, 9.17) is 0 Å². The summed E-state index contributed by atoms with van der Waals surface area (Å²) in [6.45, 7) is 16.9. The van der Waals surface area contributed by atoms with Crippen LogP contribution in [0.15, 0.2) is 182 Å². The Labute approximate surface area is 324 Å². The van der Waals surface area contributed by atoms with Crippen molar-refractivity contribution in [1.82, 2.24) is 0 Å². The molecule has 0 spiro atoms. The van der Waals surface area contributed by atoms with Crippen molar-refractivity contribution < 1.29 is 0 Å². The zero-order valence-electron chi connectivity index (χ0n) is 33.3. The van der Waals surface area contributed by atoms with E-state index in [9.17, 15) is 0 Å². The van der Waals surface area contributed by atoms with Gasteiger partial charge in [0.2, 0.25) is 0 Å². The number of benzene rings is 8. The summed E-state index contributed by atoms with van der Waals surface area (Å²) in [7, 11) is 0. The second-order valence-electron chi connectivity index (χ2n) is 14.6. The first kappa shape index (κ1) is 39.2. The predicted molar refractivity (Wildman–Crippen MR) is 237 cm³/mol. The quantitative estimate of drug-likeness (QED) is 0.172. The minimum atomic E-state index is 1.26. The summed E-state index contributed by atoms with van der Waals surface area (Å²) in [5.74, 6) is 0. The van der Waals surface area contributed by atoms with Crippen molar-refractivity contribution in [2.75, 3.05) is 0 Å². The number of hydrogen-bond donors (Lipinski definition) is 0. The van der Waals surface area contributed by atoms with Crippen molar-refractivity contribution in [3.8, 4) is 33.4 Å². The molecule has 54 heavy (non-hydrogen) atoms. The molecule has 0 aromatic heterocycles. The van der Waals surface area contributed by atoms with E-state index in [0.29, 0.717) is 0 Å². The molecule has 270 valence electrons. The van der Waals surface area contributed by atoms with Crippen LogP contribution in [0.4, 0.5) is 0 Å². The van der Waals surface area contributed by atoms with E-state index in [2.05, 4.69) is 237 Å². The van der Waals surface area contributed by atoms with Crippen molar-refractivity contribution in [3.05, 3.63) is 226 Å². The van der Waals surface area contributed by atoms with Crippen LogP contribution in [0.5, 0.6) is 0 Å². The maximum atomic E-state index is 2.22. The first-order chi connectivity index (χ1) is 26.0. The topological polar surface area (TPSA) is 0 Å². The largest absolute Gasteiger partial charge is 0.0591 e. The van der Waals surface area contributed by atoms with E-state index in [1.54, 1.807) is 0 Å². The summed E-state index contributed by atoms with van der Waals surface area (Å²) in [5.41, 5.74) is 18.2. The molecule has 0 heteroatoms. The van der Waals surface area contributed by atoms with Gasteiger partial charge < -0.3 is 0 Å². The maximum Gasteiger partial charge on any atom is -0.0181 e. The van der Waals surface area contributed by atoms with E-state index >= 15 is 0 Å². The van der Waals surface area contributed by atoms with Gasteiger partial charge in [-0.1, -0.05) is 226 Å². The zero-order chi connectivity index (χ0) is 38.5. The smallest absolute Gasteiger partial charge is 0.0181 e. The number of aryl methyl sites for hydroxylation is 8. The predicted octanol–water partition coefficient (Wildman–Crippen LogP) is 15.4. The summed E-state index contributed by atoms with van der Waals surface area (Å²) >= 11 is 0. The zero-order valence-corrected chi connectivity index (χ0v) is 33.3. The molecule has 8 aromatic rings. The van der Waals surface area contributed by atoms with Crippen LogP contribution in [0.1, 0.15) is 44.5 Å². The molecule has 8 aromatic carbocycles. The Hall–Kier alpha value is -5.98. The van der Waals surface area contributed by atoms with Crippen molar-refractivity contribution in [3.63, 3.8) is 0 Å². The van der Waals surface area contributed by atoms with Gasteiger partial charge in [0.1, 0.15) is 0 Å². The molecule has 0 saturated carbocycles. The lowest BCUT2D eigenvalue weighted by Gasteiger charge is -2.06. The van der Waals surface area contributed by atoms with Gasteiger partial charge in [-0.2, -0.15) is 0 Å². The van der Waals surface area contributed by atoms with Crippen LogP contribution in [0.2, 0.25) is 0 Å². The molecule has 0 nitrogen and oxygen atoms in total. The molecule has 0 amide bonds. The summed E-state index contributed by atoms with van der Waals surface area (Å²) in [4.78, 5) is 0. The highest BCUT2D eigenvalue weighted by molar-refractivity contribution is 5.83. The van der Waals surface area contributed by atoms with Gasteiger partial charge >= 0.3 is 0 Å². The number of rotatable bonds is 3. The van der Waals surface area contributed by atoms with Crippen LogP contribution < -0.4 is 0 Å². The van der Waals surface area contributed by atoms with Gasteiger partial charge in [-0.3, -0.25) is 0 Å². The lowest BCUT2D eigenvalue weighted by atomic mass is 9.99. The molecular weight excluding hydrogens is 649 g/mol. The lowest BCUT2D eigenvalue weighted by molar-refractivity contribution is 1.40. The second-order valence-corrected chi connectivity index (χ2v) is 14.6. The maximum absolute atomic E-state index is 2.22. The molecule has 0 aliphatic heterocycles. The first-order valence-electron chi connectivity index (χ1n) is 18.9. The van der Waals surface area contributed by atoms with Crippen LogP contribution in [0, 0.1) is 55.4 Å². The molecule has 0 aliphatic rings. The Kier molecular flexibility index (Phi) is 13.9. The molecule has 0 heterocycles. The van der Waals surface area contributed by atoms with Gasteiger partial charge in [-0.15, -0.1) is 0 Å². The third-order valence-electron chi connectivity index (χ3n) is 9.46. The highest BCUT2D eigenvalue weighted by Gasteiger charge is 2.01. The van der Waals surface area contributed by atoms with Crippen LogP contribution >= 0.6 is 0 Å². The van der Waals surface area contributed by atoms with Crippen molar-refractivity contribution in [2.24, 2.45) is 0 Å². The average molecular weight is 703 g/mol. The monoisotopic (exact) mass is 702 g/mol. The van der Waals surface area contributed by atoms with Gasteiger partial charge in [-0.25, -0.2) is 0 Å². The van der Waals surface area contributed by atoms with E-state index in [1.165, 1.54) is 88.7 Å². The van der Waals surface area contributed by atoms with Gasteiger partial charge in [0.25, 0.3) is 0 Å². The summed E-state index contributed by atoms with van der Waals surface area (Å²) in [6.07, 6.45) is 0. The van der Waals surface area contributed by atoms with Crippen LogP contribution in [-0.4, -0.2) is 0 Å². The van der Waals surface area contributed by atoms with Gasteiger partial charge in [0.15, 0.2) is 0 Å². The Bertz CT molecular complexity index is 2150. The summed E-state index contributed by atoms with van der Waals surface area (Å²) < 4.78 is 0. The molecular formula is C54H54. The first-order valence-corrected chi connectivity index (χ1v) is 18.9. The normalized spacial score (nSPS) is 10.2. The average Bonchev–Trinajstić information content (AvgIpc) is 3.18. The van der Waals surface area contributed by atoms with E-state index in [-0.39, 0.29) is 0 Å². The Morgan fingerprint density at radius 3 is 0.519 bits per heavy atom. The third-order valence-corrected chi connectivity index (χ3v) is 9.46. The fourth-order valence-electron chi connectivity index (χ4n) is 5.96. The van der Waals surface area contributed by atoms with Crippen molar-refractivity contribution in [2.45, 2.75) is 55.4 Å². The molecule has 0 N–H and O–H groups in total.